The maximum absolute atomic E-state index is 11.7. The van der Waals surface area contributed by atoms with Crippen LogP contribution in [0.5, 0.6) is 0 Å². The number of hydrogen-bond acceptors (Lipinski definition) is 2. The molecule has 0 heterocycles. The summed E-state index contributed by atoms with van der Waals surface area (Å²) in [5.74, 6) is 0.505. The molecule has 0 spiro atoms. The van der Waals surface area contributed by atoms with Gasteiger partial charge in [0.1, 0.15) is 0 Å². The lowest BCUT2D eigenvalue weighted by Crippen LogP contribution is -2.21. The highest BCUT2D eigenvalue weighted by molar-refractivity contribution is 5.72. The lowest BCUT2D eigenvalue weighted by Gasteiger charge is -2.23. The molecule has 96 valence electrons. The van der Waals surface area contributed by atoms with E-state index in [4.69, 9.17) is 4.74 Å². The molecule has 0 aromatic heterocycles. The Labute approximate surface area is 101 Å². The van der Waals surface area contributed by atoms with Crippen molar-refractivity contribution >= 4 is 5.97 Å². The van der Waals surface area contributed by atoms with Gasteiger partial charge in [0.05, 0.1) is 12.5 Å². The minimum atomic E-state index is -0.0224. The van der Waals surface area contributed by atoms with Gasteiger partial charge in [-0.15, -0.1) is 0 Å². The van der Waals surface area contributed by atoms with Crippen molar-refractivity contribution in [3.05, 3.63) is 0 Å². The number of hydrogen-bond donors (Lipinski definition) is 0. The van der Waals surface area contributed by atoms with Gasteiger partial charge in [-0.1, -0.05) is 41.5 Å². The fraction of sp³-hybridized carbons (Fsp3) is 0.929. The summed E-state index contributed by atoms with van der Waals surface area (Å²) < 4.78 is 5.35. The molecule has 0 saturated heterocycles. The van der Waals surface area contributed by atoms with Gasteiger partial charge in [0.2, 0.25) is 0 Å². The minimum Gasteiger partial charge on any atom is -0.465 e. The molecular formula is C14H28O2. The second-order valence-corrected chi connectivity index (χ2v) is 6.01. The van der Waals surface area contributed by atoms with E-state index in [1.807, 2.05) is 13.8 Å². The first-order valence-electron chi connectivity index (χ1n) is 6.46. The molecule has 1 atom stereocenters. The third-order valence-corrected chi connectivity index (χ3v) is 2.79. The second-order valence-electron chi connectivity index (χ2n) is 6.01. The fourth-order valence-corrected chi connectivity index (χ4v) is 2.07. The highest BCUT2D eigenvalue weighted by Crippen LogP contribution is 2.24. The average Bonchev–Trinajstić information content (AvgIpc) is 2.14. The molecule has 0 aliphatic heterocycles. The number of carbonyl (C=O) groups excluding carboxylic acids is 1. The first-order valence-corrected chi connectivity index (χ1v) is 6.46. The molecule has 0 aliphatic rings. The Bertz CT molecular complexity index is 199. The van der Waals surface area contributed by atoms with Gasteiger partial charge in [0, 0.05) is 0 Å². The number of ether oxygens (including phenoxy) is 1. The van der Waals surface area contributed by atoms with Crippen molar-refractivity contribution in [3.8, 4) is 0 Å². The van der Waals surface area contributed by atoms with Crippen LogP contribution in [0.15, 0.2) is 0 Å². The Hall–Kier alpha value is -0.530. The van der Waals surface area contributed by atoms with Gasteiger partial charge < -0.3 is 4.74 Å². The molecule has 0 aromatic rings. The van der Waals surface area contributed by atoms with Crippen molar-refractivity contribution in [2.75, 3.05) is 6.61 Å². The Kier molecular flexibility index (Phi) is 6.70. The largest absolute Gasteiger partial charge is 0.465 e. The third kappa shape index (κ3) is 6.86. The molecule has 0 rings (SSSR count). The van der Waals surface area contributed by atoms with Crippen molar-refractivity contribution in [3.63, 3.8) is 0 Å². The monoisotopic (exact) mass is 228 g/mol. The molecule has 0 fully saturated rings. The first-order chi connectivity index (χ1) is 7.30. The van der Waals surface area contributed by atoms with Crippen LogP contribution in [-0.4, -0.2) is 12.6 Å². The van der Waals surface area contributed by atoms with E-state index in [9.17, 15) is 4.79 Å². The number of rotatable bonds is 6. The third-order valence-electron chi connectivity index (χ3n) is 2.79. The van der Waals surface area contributed by atoms with E-state index in [0.29, 0.717) is 17.9 Å². The normalized spacial score (nSPS) is 13.9. The van der Waals surface area contributed by atoms with E-state index < -0.39 is 0 Å². The highest BCUT2D eigenvalue weighted by Gasteiger charge is 2.19. The Morgan fingerprint density at radius 2 is 1.69 bits per heavy atom. The van der Waals surface area contributed by atoms with Crippen molar-refractivity contribution in [1.82, 2.24) is 0 Å². The van der Waals surface area contributed by atoms with E-state index >= 15 is 0 Å². The molecule has 0 aromatic carbocycles. The molecule has 0 bridgehead atoms. The van der Waals surface area contributed by atoms with Crippen LogP contribution in [0.4, 0.5) is 0 Å². The van der Waals surface area contributed by atoms with E-state index in [2.05, 4.69) is 27.7 Å². The molecule has 0 aliphatic carbocycles. The molecule has 0 amide bonds. The molecule has 2 heteroatoms. The van der Waals surface area contributed by atoms with Gasteiger partial charge in [-0.3, -0.25) is 4.79 Å². The molecule has 16 heavy (non-hydrogen) atoms. The summed E-state index contributed by atoms with van der Waals surface area (Å²) in [5.41, 5.74) is 0.306. The van der Waals surface area contributed by atoms with Gasteiger partial charge in [0.25, 0.3) is 0 Å². The SMILES string of the molecule is CCC(CC)C(=O)OCC(C)CC(C)(C)C. The van der Waals surface area contributed by atoms with Crippen molar-refractivity contribution in [1.29, 1.82) is 0 Å². The molecule has 1 unspecified atom stereocenters. The molecule has 0 saturated carbocycles. The van der Waals surface area contributed by atoms with Crippen molar-refractivity contribution in [2.45, 2.75) is 60.8 Å². The van der Waals surface area contributed by atoms with Crippen LogP contribution >= 0.6 is 0 Å². The van der Waals surface area contributed by atoms with Crippen LogP contribution < -0.4 is 0 Å². The molecule has 0 N–H and O–H groups in total. The highest BCUT2D eigenvalue weighted by atomic mass is 16.5. The van der Waals surface area contributed by atoms with E-state index in [-0.39, 0.29) is 11.9 Å². The standard InChI is InChI=1S/C14H28O2/c1-7-12(8-2)13(15)16-10-11(3)9-14(4,5)6/h11-12H,7-10H2,1-6H3. The maximum atomic E-state index is 11.7. The Morgan fingerprint density at radius 3 is 2.06 bits per heavy atom. The van der Waals surface area contributed by atoms with Crippen LogP contribution in [-0.2, 0) is 9.53 Å². The van der Waals surface area contributed by atoms with Gasteiger partial charge in [0.15, 0.2) is 0 Å². The lowest BCUT2D eigenvalue weighted by molar-refractivity contribution is -0.150. The summed E-state index contributed by atoms with van der Waals surface area (Å²) in [7, 11) is 0. The summed E-state index contributed by atoms with van der Waals surface area (Å²) in [4.78, 5) is 11.7. The van der Waals surface area contributed by atoms with Crippen LogP contribution in [0.3, 0.4) is 0 Å². The van der Waals surface area contributed by atoms with Crippen LogP contribution in [0, 0.1) is 17.3 Å². The Morgan fingerprint density at radius 1 is 1.19 bits per heavy atom. The number of carbonyl (C=O) groups is 1. The summed E-state index contributed by atoms with van der Waals surface area (Å²) in [6.45, 7) is 13.4. The predicted molar refractivity (Wildman–Crippen MR) is 68.3 cm³/mol. The topological polar surface area (TPSA) is 26.3 Å². The first kappa shape index (κ1) is 15.5. The lowest BCUT2D eigenvalue weighted by atomic mass is 9.86. The van der Waals surface area contributed by atoms with Crippen molar-refractivity contribution in [2.24, 2.45) is 17.3 Å². The summed E-state index contributed by atoms with van der Waals surface area (Å²) >= 11 is 0. The zero-order valence-corrected chi connectivity index (χ0v) is 11.8. The Balaban J connectivity index is 3.92. The van der Waals surface area contributed by atoms with Crippen LogP contribution in [0.1, 0.15) is 60.8 Å². The zero-order valence-electron chi connectivity index (χ0n) is 11.8. The zero-order chi connectivity index (χ0) is 12.8. The number of esters is 1. The average molecular weight is 228 g/mol. The maximum Gasteiger partial charge on any atom is 0.308 e. The van der Waals surface area contributed by atoms with Gasteiger partial charge in [-0.2, -0.15) is 0 Å². The van der Waals surface area contributed by atoms with E-state index in [0.717, 1.165) is 19.3 Å². The second kappa shape index (κ2) is 6.93. The summed E-state index contributed by atoms with van der Waals surface area (Å²) in [6.07, 6.45) is 2.84. The van der Waals surface area contributed by atoms with Crippen LogP contribution in [0.2, 0.25) is 0 Å². The van der Waals surface area contributed by atoms with Crippen LogP contribution in [0.25, 0.3) is 0 Å². The molecular weight excluding hydrogens is 200 g/mol. The molecule has 0 radical (unpaired) electrons. The smallest absolute Gasteiger partial charge is 0.308 e. The molecule has 2 nitrogen and oxygen atoms in total. The fourth-order valence-electron chi connectivity index (χ4n) is 2.07. The van der Waals surface area contributed by atoms with Gasteiger partial charge >= 0.3 is 5.97 Å². The predicted octanol–water partition coefficient (Wildman–Crippen LogP) is 4.04. The van der Waals surface area contributed by atoms with E-state index in [1.165, 1.54) is 0 Å². The summed E-state index contributed by atoms with van der Waals surface area (Å²) in [6, 6.07) is 0. The minimum absolute atomic E-state index is 0.0224. The van der Waals surface area contributed by atoms with E-state index in [1.54, 1.807) is 0 Å². The summed E-state index contributed by atoms with van der Waals surface area (Å²) in [5, 5.41) is 0. The van der Waals surface area contributed by atoms with Gasteiger partial charge in [-0.05, 0) is 30.6 Å². The quantitative estimate of drug-likeness (QED) is 0.641. The van der Waals surface area contributed by atoms with Crippen molar-refractivity contribution < 1.29 is 9.53 Å². The van der Waals surface area contributed by atoms with Gasteiger partial charge in [-0.25, -0.2) is 0 Å².